The number of allylic oxidation sites excluding steroid dienone is 1. The van der Waals surface area contributed by atoms with Crippen LogP contribution < -0.4 is 0 Å². The molecule has 0 bridgehead atoms. The molecule has 0 radical (unpaired) electrons. The monoisotopic (exact) mass is 278 g/mol. The predicted octanol–water partition coefficient (Wildman–Crippen LogP) is 4.26. The SMILES string of the molecule is CN(C)CC1CCCCCC=C1c1ccc(Cl)nc1. The molecule has 1 aliphatic rings. The lowest BCUT2D eigenvalue weighted by Crippen LogP contribution is -2.23. The predicted molar refractivity (Wildman–Crippen MR) is 82.4 cm³/mol. The molecular formula is C16H23ClN2. The number of aromatic nitrogens is 1. The number of hydrogen-bond donors (Lipinski definition) is 0. The van der Waals surface area contributed by atoms with Gasteiger partial charge in [0.05, 0.1) is 0 Å². The molecule has 2 nitrogen and oxygen atoms in total. The Balaban J connectivity index is 2.26. The number of hydrogen-bond acceptors (Lipinski definition) is 2. The van der Waals surface area contributed by atoms with Crippen LogP contribution in [-0.2, 0) is 0 Å². The minimum absolute atomic E-state index is 0.569. The first-order chi connectivity index (χ1) is 9.16. The average molecular weight is 279 g/mol. The second kappa shape index (κ2) is 7.06. The van der Waals surface area contributed by atoms with Crippen LogP contribution in [0.1, 0.15) is 37.7 Å². The third-order valence-corrected chi connectivity index (χ3v) is 3.93. The normalized spacial score (nSPS) is 20.8. The van der Waals surface area contributed by atoms with Gasteiger partial charge in [0, 0.05) is 12.7 Å². The lowest BCUT2D eigenvalue weighted by Gasteiger charge is -2.26. The van der Waals surface area contributed by atoms with E-state index in [0.29, 0.717) is 11.1 Å². The standard InChI is InChI=1S/C16H23ClN2/c1-19(2)12-14-7-5-3-4-6-8-15(14)13-9-10-16(17)18-11-13/h8-11,14H,3-7,12H2,1-2H3. The van der Waals surface area contributed by atoms with Crippen LogP contribution in [-0.4, -0.2) is 30.5 Å². The van der Waals surface area contributed by atoms with Crippen molar-refractivity contribution in [1.82, 2.24) is 9.88 Å². The third kappa shape index (κ3) is 4.32. The van der Waals surface area contributed by atoms with Crippen LogP contribution in [0, 0.1) is 5.92 Å². The van der Waals surface area contributed by atoms with E-state index in [1.54, 1.807) is 0 Å². The van der Waals surface area contributed by atoms with Crippen LogP contribution in [0.4, 0.5) is 0 Å². The molecule has 0 aromatic carbocycles. The summed E-state index contributed by atoms with van der Waals surface area (Å²) >= 11 is 5.89. The van der Waals surface area contributed by atoms with Crippen LogP contribution in [0.25, 0.3) is 5.57 Å². The van der Waals surface area contributed by atoms with Gasteiger partial charge in [0.2, 0.25) is 0 Å². The van der Waals surface area contributed by atoms with Gasteiger partial charge in [-0.2, -0.15) is 0 Å². The Morgan fingerprint density at radius 3 is 2.79 bits per heavy atom. The molecular weight excluding hydrogens is 256 g/mol. The lowest BCUT2D eigenvalue weighted by atomic mass is 9.85. The molecule has 19 heavy (non-hydrogen) atoms. The highest BCUT2D eigenvalue weighted by Crippen LogP contribution is 2.31. The fourth-order valence-corrected chi connectivity index (χ4v) is 2.93. The molecule has 104 valence electrons. The molecule has 0 amide bonds. The van der Waals surface area contributed by atoms with Gasteiger partial charge in [0.1, 0.15) is 5.15 Å². The number of pyridine rings is 1. The van der Waals surface area contributed by atoms with Crippen molar-refractivity contribution in [2.45, 2.75) is 32.1 Å². The maximum absolute atomic E-state index is 5.89. The largest absolute Gasteiger partial charge is 0.309 e. The van der Waals surface area contributed by atoms with Crippen molar-refractivity contribution >= 4 is 17.2 Å². The van der Waals surface area contributed by atoms with Crippen molar-refractivity contribution in [3.05, 3.63) is 35.1 Å². The number of nitrogens with zero attached hydrogens (tertiary/aromatic N) is 2. The molecule has 1 heterocycles. The first-order valence-corrected chi connectivity index (χ1v) is 7.51. The van der Waals surface area contributed by atoms with Crippen molar-refractivity contribution in [1.29, 1.82) is 0 Å². The molecule has 3 heteroatoms. The Kier molecular flexibility index (Phi) is 5.41. The van der Waals surface area contributed by atoms with Crippen LogP contribution in [0.15, 0.2) is 24.4 Å². The molecule has 1 aliphatic carbocycles. The van der Waals surface area contributed by atoms with Crippen LogP contribution in [0.2, 0.25) is 5.15 Å². The number of rotatable bonds is 3. The minimum Gasteiger partial charge on any atom is -0.309 e. The van der Waals surface area contributed by atoms with E-state index < -0.39 is 0 Å². The molecule has 2 rings (SSSR count). The van der Waals surface area contributed by atoms with Gasteiger partial charge in [-0.1, -0.05) is 36.6 Å². The Bertz CT molecular complexity index is 423. The van der Waals surface area contributed by atoms with E-state index in [-0.39, 0.29) is 0 Å². The molecule has 0 saturated heterocycles. The average Bonchev–Trinajstić information content (AvgIpc) is 2.34. The van der Waals surface area contributed by atoms with Crippen molar-refractivity contribution in [2.75, 3.05) is 20.6 Å². The van der Waals surface area contributed by atoms with Crippen molar-refractivity contribution in [3.63, 3.8) is 0 Å². The summed E-state index contributed by atoms with van der Waals surface area (Å²) in [7, 11) is 4.30. The summed E-state index contributed by atoms with van der Waals surface area (Å²) in [5.74, 6) is 0.610. The molecule has 1 aromatic heterocycles. The zero-order chi connectivity index (χ0) is 13.7. The molecule has 1 aromatic rings. The van der Waals surface area contributed by atoms with Crippen LogP contribution in [0.3, 0.4) is 0 Å². The highest BCUT2D eigenvalue weighted by molar-refractivity contribution is 6.29. The summed E-state index contributed by atoms with van der Waals surface area (Å²) in [5.41, 5.74) is 2.69. The third-order valence-electron chi connectivity index (χ3n) is 3.71. The zero-order valence-electron chi connectivity index (χ0n) is 11.9. The Morgan fingerprint density at radius 1 is 1.26 bits per heavy atom. The lowest BCUT2D eigenvalue weighted by molar-refractivity contribution is 0.346. The van der Waals surface area contributed by atoms with Crippen molar-refractivity contribution in [3.8, 4) is 0 Å². The van der Waals surface area contributed by atoms with E-state index in [2.05, 4.69) is 36.1 Å². The maximum atomic E-state index is 5.89. The van der Waals surface area contributed by atoms with Crippen molar-refractivity contribution in [2.24, 2.45) is 5.92 Å². The zero-order valence-corrected chi connectivity index (χ0v) is 12.7. The highest BCUT2D eigenvalue weighted by Gasteiger charge is 2.18. The second-order valence-corrected chi connectivity index (χ2v) is 6.01. The summed E-state index contributed by atoms with van der Waals surface area (Å²) in [4.78, 5) is 6.51. The Morgan fingerprint density at radius 2 is 2.11 bits per heavy atom. The maximum Gasteiger partial charge on any atom is 0.129 e. The molecule has 1 unspecified atom stereocenters. The van der Waals surface area contributed by atoms with Gasteiger partial charge in [-0.15, -0.1) is 0 Å². The van der Waals surface area contributed by atoms with Gasteiger partial charge >= 0.3 is 0 Å². The molecule has 0 spiro atoms. The van der Waals surface area contributed by atoms with Gasteiger partial charge in [-0.3, -0.25) is 0 Å². The summed E-state index contributed by atoms with van der Waals surface area (Å²) in [6.07, 6.45) is 10.8. The minimum atomic E-state index is 0.569. The van der Waals surface area contributed by atoms with Crippen LogP contribution in [0.5, 0.6) is 0 Å². The van der Waals surface area contributed by atoms with E-state index in [9.17, 15) is 0 Å². The smallest absolute Gasteiger partial charge is 0.129 e. The molecule has 0 N–H and O–H groups in total. The topological polar surface area (TPSA) is 16.1 Å². The first kappa shape index (κ1) is 14.5. The van der Waals surface area contributed by atoms with E-state index in [1.807, 2.05) is 12.3 Å². The number of halogens is 1. The van der Waals surface area contributed by atoms with Gasteiger partial charge in [0.15, 0.2) is 0 Å². The van der Waals surface area contributed by atoms with E-state index in [1.165, 1.54) is 43.2 Å². The quantitative estimate of drug-likeness (QED) is 0.768. The summed E-state index contributed by atoms with van der Waals surface area (Å²) < 4.78 is 0. The fraction of sp³-hybridized carbons (Fsp3) is 0.562. The van der Waals surface area contributed by atoms with Crippen LogP contribution >= 0.6 is 11.6 Å². The Labute approximate surface area is 121 Å². The summed E-state index contributed by atoms with van der Waals surface area (Å²) in [6.45, 7) is 1.11. The van der Waals surface area contributed by atoms with Crippen molar-refractivity contribution < 1.29 is 0 Å². The van der Waals surface area contributed by atoms with E-state index in [0.717, 1.165) is 6.54 Å². The molecule has 0 aliphatic heterocycles. The Hall–Kier alpha value is -0.860. The molecule has 1 atom stereocenters. The van der Waals surface area contributed by atoms with Gasteiger partial charge in [0.25, 0.3) is 0 Å². The van der Waals surface area contributed by atoms with E-state index >= 15 is 0 Å². The summed E-state index contributed by atoms with van der Waals surface area (Å²) in [6, 6.07) is 3.99. The van der Waals surface area contributed by atoms with Gasteiger partial charge in [-0.05, 0) is 56.5 Å². The van der Waals surface area contributed by atoms with Gasteiger partial charge < -0.3 is 4.90 Å². The first-order valence-electron chi connectivity index (χ1n) is 7.13. The molecule has 0 saturated carbocycles. The van der Waals surface area contributed by atoms with Gasteiger partial charge in [-0.25, -0.2) is 4.98 Å². The van der Waals surface area contributed by atoms with E-state index in [4.69, 9.17) is 11.6 Å². The molecule has 0 fully saturated rings. The fourth-order valence-electron chi connectivity index (χ4n) is 2.82. The second-order valence-electron chi connectivity index (χ2n) is 5.63. The summed E-state index contributed by atoms with van der Waals surface area (Å²) in [5, 5.41) is 0.569. The highest BCUT2D eigenvalue weighted by atomic mass is 35.5.